The Bertz CT molecular complexity index is 430. The van der Waals surface area contributed by atoms with Gasteiger partial charge >= 0.3 is 0 Å². The first-order valence-electron chi connectivity index (χ1n) is 8.78. The van der Waals surface area contributed by atoms with Gasteiger partial charge in [-0.3, -0.25) is 4.90 Å². The number of nitrogens with zero attached hydrogens (tertiary/aromatic N) is 1. The SMILES string of the molecule is CCC(C)c1ccc(C(O)CN2CCCCC2CCO)cc1. The maximum Gasteiger partial charge on any atom is 0.0917 e. The van der Waals surface area contributed by atoms with Crippen LogP contribution >= 0.6 is 0 Å². The fourth-order valence-electron chi connectivity index (χ4n) is 3.39. The topological polar surface area (TPSA) is 43.7 Å². The van der Waals surface area contributed by atoms with Gasteiger partial charge in [-0.15, -0.1) is 0 Å². The number of piperidine rings is 1. The van der Waals surface area contributed by atoms with Crippen LogP contribution in [0.2, 0.25) is 0 Å². The molecule has 1 aromatic rings. The average Bonchev–Trinajstić information content (AvgIpc) is 2.56. The van der Waals surface area contributed by atoms with E-state index in [9.17, 15) is 10.2 Å². The summed E-state index contributed by atoms with van der Waals surface area (Å²) in [6.45, 7) is 6.38. The van der Waals surface area contributed by atoms with Gasteiger partial charge in [-0.05, 0) is 49.3 Å². The summed E-state index contributed by atoms with van der Waals surface area (Å²) < 4.78 is 0. The molecule has 2 rings (SSSR count). The molecular weight excluding hydrogens is 274 g/mol. The van der Waals surface area contributed by atoms with Crippen LogP contribution in [0, 0.1) is 0 Å². The van der Waals surface area contributed by atoms with Gasteiger partial charge in [0, 0.05) is 19.2 Å². The molecule has 3 nitrogen and oxygen atoms in total. The van der Waals surface area contributed by atoms with Gasteiger partial charge in [0.25, 0.3) is 0 Å². The molecule has 0 radical (unpaired) electrons. The third-order valence-electron chi connectivity index (χ3n) is 5.12. The van der Waals surface area contributed by atoms with E-state index in [0.717, 1.165) is 31.4 Å². The summed E-state index contributed by atoms with van der Waals surface area (Å²) >= 11 is 0. The van der Waals surface area contributed by atoms with Crippen LogP contribution in [0.5, 0.6) is 0 Å². The van der Waals surface area contributed by atoms with Gasteiger partial charge in [-0.2, -0.15) is 0 Å². The van der Waals surface area contributed by atoms with Crippen LogP contribution in [0.3, 0.4) is 0 Å². The zero-order chi connectivity index (χ0) is 15.9. The van der Waals surface area contributed by atoms with Gasteiger partial charge in [-0.25, -0.2) is 0 Å². The highest BCUT2D eigenvalue weighted by Crippen LogP contribution is 2.25. The molecule has 124 valence electrons. The molecule has 1 aliphatic heterocycles. The molecule has 0 amide bonds. The first-order valence-corrected chi connectivity index (χ1v) is 8.78. The molecule has 0 aromatic heterocycles. The predicted molar refractivity (Wildman–Crippen MR) is 91.0 cm³/mol. The number of aliphatic hydroxyl groups excluding tert-OH is 2. The van der Waals surface area contributed by atoms with Gasteiger partial charge in [0.15, 0.2) is 0 Å². The number of benzene rings is 1. The second kappa shape index (κ2) is 8.66. The van der Waals surface area contributed by atoms with Crippen LogP contribution in [-0.4, -0.2) is 40.9 Å². The zero-order valence-corrected chi connectivity index (χ0v) is 14.0. The van der Waals surface area contributed by atoms with Crippen molar-refractivity contribution in [3.8, 4) is 0 Å². The second-order valence-corrected chi connectivity index (χ2v) is 6.65. The third-order valence-corrected chi connectivity index (χ3v) is 5.12. The quantitative estimate of drug-likeness (QED) is 0.810. The van der Waals surface area contributed by atoms with Gasteiger partial charge in [-0.1, -0.05) is 44.5 Å². The van der Waals surface area contributed by atoms with E-state index >= 15 is 0 Å². The molecule has 1 aromatic carbocycles. The number of rotatable bonds is 7. The van der Waals surface area contributed by atoms with Crippen molar-refractivity contribution < 1.29 is 10.2 Å². The van der Waals surface area contributed by atoms with E-state index in [1.165, 1.54) is 18.4 Å². The first-order chi connectivity index (χ1) is 10.7. The van der Waals surface area contributed by atoms with E-state index in [0.29, 0.717) is 18.5 Å². The Balaban J connectivity index is 1.96. The van der Waals surface area contributed by atoms with Crippen molar-refractivity contribution >= 4 is 0 Å². The van der Waals surface area contributed by atoms with E-state index < -0.39 is 6.10 Å². The minimum absolute atomic E-state index is 0.237. The summed E-state index contributed by atoms with van der Waals surface area (Å²) in [4.78, 5) is 2.35. The Morgan fingerprint density at radius 2 is 1.86 bits per heavy atom. The molecule has 22 heavy (non-hydrogen) atoms. The summed E-state index contributed by atoms with van der Waals surface area (Å²) in [5, 5.41) is 19.7. The highest BCUT2D eigenvalue weighted by molar-refractivity contribution is 5.26. The fourth-order valence-corrected chi connectivity index (χ4v) is 3.39. The summed E-state index contributed by atoms with van der Waals surface area (Å²) in [5.41, 5.74) is 2.34. The molecule has 3 unspecified atom stereocenters. The summed E-state index contributed by atoms with van der Waals surface area (Å²) in [5.74, 6) is 0.572. The monoisotopic (exact) mass is 305 g/mol. The van der Waals surface area contributed by atoms with Gasteiger partial charge in [0.1, 0.15) is 0 Å². The fraction of sp³-hybridized carbons (Fsp3) is 0.684. The average molecular weight is 305 g/mol. The van der Waals surface area contributed by atoms with Crippen molar-refractivity contribution in [1.29, 1.82) is 0 Å². The minimum atomic E-state index is -0.440. The molecule has 0 spiro atoms. The smallest absolute Gasteiger partial charge is 0.0917 e. The maximum absolute atomic E-state index is 10.5. The van der Waals surface area contributed by atoms with Crippen molar-refractivity contribution in [3.05, 3.63) is 35.4 Å². The molecule has 3 heteroatoms. The van der Waals surface area contributed by atoms with Crippen LogP contribution in [0.1, 0.15) is 69.1 Å². The molecular formula is C19H31NO2. The van der Waals surface area contributed by atoms with E-state index in [-0.39, 0.29) is 6.61 Å². The lowest BCUT2D eigenvalue weighted by Crippen LogP contribution is -2.42. The molecule has 1 saturated heterocycles. The molecule has 2 N–H and O–H groups in total. The van der Waals surface area contributed by atoms with Gasteiger partial charge in [0.2, 0.25) is 0 Å². The van der Waals surface area contributed by atoms with Crippen LogP contribution in [0.15, 0.2) is 24.3 Å². The Labute approximate surface area is 135 Å². The molecule has 0 saturated carbocycles. The van der Waals surface area contributed by atoms with Crippen LogP contribution in [0.4, 0.5) is 0 Å². The Morgan fingerprint density at radius 3 is 2.50 bits per heavy atom. The van der Waals surface area contributed by atoms with E-state index in [4.69, 9.17) is 0 Å². The number of β-amino-alcohol motifs (C(OH)–C–C–N with tert-alkyl or cyclic N) is 1. The standard InChI is InChI=1S/C19H31NO2/c1-3-15(2)16-7-9-17(10-8-16)19(22)14-20-12-5-4-6-18(20)11-13-21/h7-10,15,18-19,21-22H,3-6,11-14H2,1-2H3. The van der Waals surface area contributed by atoms with Crippen LogP contribution in [0.25, 0.3) is 0 Å². The van der Waals surface area contributed by atoms with Crippen LogP contribution < -0.4 is 0 Å². The predicted octanol–water partition coefficient (Wildman–Crippen LogP) is 3.47. The Kier molecular flexibility index (Phi) is 6.87. The third kappa shape index (κ3) is 4.55. The zero-order valence-electron chi connectivity index (χ0n) is 14.0. The van der Waals surface area contributed by atoms with Gasteiger partial charge < -0.3 is 10.2 Å². The lowest BCUT2D eigenvalue weighted by Gasteiger charge is -2.36. The second-order valence-electron chi connectivity index (χ2n) is 6.65. The lowest BCUT2D eigenvalue weighted by atomic mass is 9.95. The lowest BCUT2D eigenvalue weighted by molar-refractivity contribution is 0.0565. The van der Waals surface area contributed by atoms with E-state index in [1.807, 2.05) is 0 Å². The highest BCUT2D eigenvalue weighted by atomic mass is 16.3. The summed E-state index contributed by atoms with van der Waals surface area (Å²) in [7, 11) is 0. The first kappa shape index (κ1) is 17.5. The number of likely N-dealkylation sites (tertiary alicyclic amines) is 1. The normalized spacial score (nSPS) is 22.5. The summed E-state index contributed by atoms with van der Waals surface area (Å²) in [6.07, 6.45) is 5.09. The minimum Gasteiger partial charge on any atom is -0.396 e. The number of hydrogen-bond acceptors (Lipinski definition) is 3. The largest absolute Gasteiger partial charge is 0.396 e. The maximum atomic E-state index is 10.5. The highest BCUT2D eigenvalue weighted by Gasteiger charge is 2.24. The van der Waals surface area contributed by atoms with Crippen molar-refractivity contribution in [2.75, 3.05) is 19.7 Å². The van der Waals surface area contributed by atoms with Gasteiger partial charge in [0.05, 0.1) is 6.10 Å². The van der Waals surface area contributed by atoms with Crippen molar-refractivity contribution in [2.45, 2.75) is 64.0 Å². The molecule has 0 aliphatic carbocycles. The Hall–Kier alpha value is -0.900. The van der Waals surface area contributed by atoms with Crippen molar-refractivity contribution in [2.24, 2.45) is 0 Å². The van der Waals surface area contributed by atoms with E-state index in [2.05, 4.69) is 43.0 Å². The molecule has 1 aliphatic rings. The van der Waals surface area contributed by atoms with Crippen molar-refractivity contribution in [1.82, 2.24) is 4.90 Å². The number of aliphatic hydroxyl groups is 2. The molecule has 0 bridgehead atoms. The number of hydrogen-bond donors (Lipinski definition) is 2. The molecule has 1 fully saturated rings. The Morgan fingerprint density at radius 1 is 1.18 bits per heavy atom. The van der Waals surface area contributed by atoms with Crippen LogP contribution in [-0.2, 0) is 0 Å². The molecule has 1 heterocycles. The molecule has 3 atom stereocenters. The van der Waals surface area contributed by atoms with Crippen molar-refractivity contribution in [3.63, 3.8) is 0 Å². The summed E-state index contributed by atoms with van der Waals surface area (Å²) in [6, 6.07) is 8.85. The van der Waals surface area contributed by atoms with E-state index in [1.54, 1.807) is 0 Å².